The molecular formula is C10H10N4O2S. The number of thiazole rings is 1. The maximum atomic E-state index is 10.6. The Kier molecular flexibility index (Phi) is 3.61. The average Bonchev–Trinajstić information content (AvgIpc) is 2.79. The highest BCUT2D eigenvalue weighted by Crippen LogP contribution is 2.10. The molecule has 0 bridgehead atoms. The van der Waals surface area contributed by atoms with E-state index in [9.17, 15) is 4.79 Å². The van der Waals surface area contributed by atoms with Gasteiger partial charge in [-0.2, -0.15) is 0 Å². The van der Waals surface area contributed by atoms with Gasteiger partial charge in [0.05, 0.1) is 5.01 Å². The topological polar surface area (TPSA) is 88.0 Å². The molecule has 2 aromatic heterocycles. The van der Waals surface area contributed by atoms with Gasteiger partial charge in [-0.1, -0.05) is 0 Å². The Morgan fingerprint density at radius 3 is 2.82 bits per heavy atom. The second kappa shape index (κ2) is 5.35. The van der Waals surface area contributed by atoms with Crippen molar-refractivity contribution in [1.82, 2.24) is 15.0 Å². The lowest BCUT2D eigenvalue weighted by Crippen LogP contribution is -2.07. The SMILES string of the molecule is O=C(O)c1csc(CCNc2ncccn2)n1. The summed E-state index contributed by atoms with van der Waals surface area (Å²) in [6.45, 7) is 0.622. The van der Waals surface area contributed by atoms with Crippen LogP contribution < -0.4 is 5.32 Å². The molecule has 17 heavy (non-hydrogen) atoms. The van der Waals surface area contributed by atoms with Crippen LogP contribution in [0.3, 0.4) is 0 Å². The van der Waals surface area contributed by atoms with E-state index in [1.54, 1.807) is 18.5 Å². The molecule has 2 N–H and O–H groups in total. The lowest BCUT2D eigenvalue weighted by Gasteiger charge is -2.01. The Morgan fingerprint density at radius 1 is 1.41 bits per heavy atom. The van der Waals surface area contributed by atoms with Gasteiger partial charge in [0.2, 0.25) is 5.95 Å². The van der Waals surface area contributed by atoms with Crippen LogP contribution in [0.2, 0.25) is 0 Å². The predicted molar refractivity (Wildman–Crippen MR) is 63.3 cm³/mol. The first-order chi connectivity index (χ1) is 8.25. The Labute approximate surface area is 101 Å². The van der Waals surface area contributed by atoms with Crippen molar-refractivity contribution in [2.45, 2.75) is 6.42 Å². The highest BCUT2D eigenvalue weighted by Gasteiger charge is 2.08. The minimum atomic E-state index is -0.994. The monoisotopic (exact) mass is 250 g/mol. The summed E-state index contributed by atoms with van der Waals surface area (Å²) in [5.41, 5.74) is 0.0981. The Hall–Kier alpha value is -2.02. The van der Waals surface area contributed by atoms with Gasteiger partial charge in [-0.15, -0.1) is 11.3 Å². The van der Waals surface area contributed by atoms with Crippen LogP contribution in [0.5, 0.6) is 0 Å². The van der Waals surface area contributed by atoms with Gasteiger partial charge >= 0.3 is 5.97 Å². The summed E-state index contributed by atoms with van der Waals surface area (Å²) in [7, 11) is 0. The van der Waals surface area contributed by atoms with Gasteiger partial charge in [0.25, 0.3) is 0 Å². The Bertz CT molecular complexity index is 500. The van der Waals surface area contributed by atoms with E-state index in [-0.39, 0.29) is 5.69 Å². The molecule has 7 heteroatoms. The standard InChI is InChI=1S/C10H10N4O2S/c15-9(16)7-6-17-8(14-7)2-5-13-10-11-3-1-4-12-10/h1,3-4,6H,2,5H2,(H,15,16)(H,11,12,13). The lowest BCUT2D eigenvalue weighted by atomic mass is 10.4. The van der Waals surface area contributed by atoms with Crippen molar-refractivity contribution in [3.8, 4) is 0 Å². The van der Waals surface area contributed by atoms with Crippen molar-refractivity contribution in [3.05, 3.63) is 34.5 Å². The van der Waals surface area contributed by atoms with Gasteiger partial charge in [0, 0.05) is 30.7 Å². The number of carbonyl (C=O) groups is 1. The van der Waals surface area contributed by atoms with Crippen LogP contribution in [0.25, 0.3) is 0 Å². The van der Waals surface area contributed by atoms with Gasteiger partial charge in [0.15, 0.2) is 5.69 Å². The predicted octanol–water partition coefficient (Wildman–Crippen LogP) is 1.29. The molecule has 0 radical (unpaired) electrons. The fraction of sp³-hybridized carbons (Fsp3) is 0.200. The van der Waals surface area contributed by atoms with Crippen LogP contribution in [0.1, 0.15) is 15.5 Å². The summed E-state index contributed by atoms with van der Waals surface area (Å²) < 4.78 is 0. The van der Waals surface area contributed by atoms with E-state index in [1.165, 1.54) is 16.7 Å². The molecule has 0 spiro atoms. The van der Waals surface area contributed by atoms with Crippen LogP contribution in [-0.2, 0) is 6.42 Å². The largest absolute Gasteiger partial charge is 0.476 e. The van der Waals surface area contributed by atoms with Crippen LogP contribution in [0, 0.1) is 0 Å². The Balaban J connectivity index is 1.84. The van der Waals surface area contributed by atoms with E-state index in [4.69, 9.17) is 5.11 Å². The van der Waals surface area contributed by atoms with Crippen LogP contribution in [0.15, 0.2) is 23.8 Å². The fourth-order valence-electron chi connectivity index (χ4n) is 1.20. The second-order valence-electron chi connectivity index (χ2n) is 3.18. The molecule has 0 aliphatic carbocycles. The maximum absolute atomic E-state index is 10.6. The summed E-state index contributed by atoms with van der Waals surface area (Å²) in [6.07, 6.45) is 3.96. The summed E-state index contributed by atoms with van der Waals surface area (Å²) in [6, 6.07) is 1.74. The molecule has 0 amide bonds. The number of rotatable bonds is 5. The molecule has 0 fully saturated rings. The van der Waals surface area contributed by atoms with Gasteiger partial charge < -0.3 is 10.4 Å². The number of hydrogen-bond donors (Lipinski definition) is 2. The summed E-state index contributed by atoms with van der Waals surface area (Å²) in [4.78, 5) is 22.6. The molecule has 2 rings (SSSR count). The van der Waals surface area contributed by atoms with Crippen LogP contribution in [0.4, 0.5) is 5.95 Å². The number of carboxylic acids is 1. The molecule has 0 aliphatic heterocycles. The quantitative estimate of drug-likeness (QED) is 0.831. The zero-order valence-electron chi connectivity index (χ0n) is 8.83. The van der Waals surface area contributed by atoms with Crippen molar-refractivity contribution in [3.63, 3.8) is 0 Å². The molecule has 0 aromatic carbocycles. The van der Waals surface area contributed by atoms with Gasteiger partial charge in [0.1, 0.15) is 0 Å². The van der Waals surface area contributed by atoms with Gasteiger partial charge in [-0.25, -0.2) is 19.7 Å². The Morgan fingerprint density at radius 2 is 2.18 bits per heavy atom. The van der Waals surface area contributed by atoms with E-state index < -0.39 is 5.97 Å². The maximum Gasteiger partial charge on any atom is 0.355 e. The van der Waals surface area contributed by atoms with Crippen molar-refractivity contribution >= 4 is 23.3 Å². The van der Waals surface area contributed by atoms with E-state index >= 15 is 0 Å². The molecule has 2 heterocycles. The smallest absolute Gasteiger partial charge is 0.355 e. The molecule has 2 aromatic rings. The third-order valence-electron chi connectivity index (χ3n) is 1.96. The van der Waals surface area contributed by atoms with Gasteiger partial charge in [-0.3, -0.25) is 0 Å². The number of nitrogens with one attached hydrogen (secondary N) is 1. The normalized spacial score (nSPS) is 10.1. The first-order valence-electron chi connectivity index (χ1n) is 4.94. The van der Waals surface area contributed by atoms with Crippen molar-refractivity contribution in [2.24, 2.45) is 0 Å². The zero-order valence-corrected chi connectivity index (χ0v) is 9.65. The lowest BCUT2D eigenvalue weighted by molar-refractivity contribution is 0.0691. The van der Waals surface area contributed by atoms with E-state index in [0.29, 0.717) is 18.9 Å². The molecule has 0 saturated carbocycles. The van der Waals surface area contributed by atoms with Crippen molar-refractivity contribution in [2.75, 3.05) is 11.9 Å². The van der Waals surface area contributed by atoms with Crippen molar-refractivity contribution < 1.29 is 9.90 Å². The summed E-state index contributed by atoms with van der Waals surface area (Å²) in [5, 5.41) is 14.1. The highest BCUT2D eigenvalue weighted by atomic mass is 32.1. The zero-order chi connectivity index (χ0) is 12.1. The fourth-order valence-corrected chi connectivity index (χ4v) is 1.97. The summed E-state index contributed by atoms with van der Waals surface area (Å²) >= 11 is 1.34. The van der Waals surface area contributed by atoms with E-state index in [0.717, 1.165) is 5.01 Å². The minimum Gasteiger partial charge on any atom is -0.476 e. The third kappa shape index (κ3) is 3.22. The first-order valence-corrected chi connectivity index (χ1v) is 5.82. The number of nitrogens with zero attached hydrogens (tertiary/aromatic N) is 3. The third-order valence-corrected chi connectivity index (χ3v) is 2.87. The van der Waals surface area contributed by atoms with Crippen molar-refractivity contribution in [1.29, 1.82) is 0 Å². The first kappa shape index (κ1) is 11.5. The molecule has 0 atom stereocenters. The van der Waals surface area contributed by atoms with E-state index in [1.807, 2.05) is 0 Å². The number of aromatic carboxylic acids is 1. The second-order valence-corrected chi connectivity index (χ2v) is 4.12. The van der Waals surface area contributed by atoms with Gasteiger partial charge in [-0.05, 0) is 6.07 Å². The van der Waals surface area contributed by atoms with E-state index in [2.05, 4.69) is 20.3 Å². The highest BCUT2D eigenvalue weighted by molar-refractivity contribution is 7.09. The molecule has 6 nitrogen and oxygen atoms in total. The average molecular weight is 250 g/mol. The number of anilines is 1. The van der Waals surface area contributed by atoms with Crippen LogP contribution in [-0.4, -0.2) is 32.6 Å². The number of carboxylic acid groups (broad SMARTS) is 1. The molecule has 88 valence electrons. The summed E-state index contributed by atoms with van der Waals surface area (Å²) in [5.74, 6) is -0.436. The molecule has 0 aliphatic rings. The molecular weight excluding hydrogens is 240 g/mol. The number of aromatic nitrogens is 3. The minimum absolute atomic E-state index is 0.0981. The van der Waals surface area contributed by atoms with Crippen LogP contribution >= 0.6 is 11.3 Å². The molecule has 0 saturated heterocycles. The molecule has 0 unspecified atom stereocenters. The number of hydrogen-bond acceptors (Lipinski definition) is 6.